The molecule has 4 aromatic heterocycles. The van der Waals surface area contributed by atoms with Crippen LogP contribution in [0, 0.1) is 18.6 Å². The Kier molecular flexibility index (Phi) is 10.2. The van der Waals surface area contributed by atoms with E-state index in [1.165, 1.54) is 31.2 Å². The first-order valence-corrected chi connectivity index (χ1v) is 17.5. The number of halogens is 10. The van der Waals surface area contributed by atoms with Crippen LogP contribution in [-0.4, -0.2) is 73.4 Å². The summed E-state index contributed by atoms with van der Waals surface area (Å²) in [7, 11) is 0. The van der Waals surface area contributed by atoms with Crippen molar-refractivity contribution in [3.63, 3.8) is 0 Å². The maximum atomic E-state index is 15.5. The van der Waals surface area contributed by atoms with E-state index in [-0.39, 0.29) is 43.1 Å². The molecule has 5 heterocycles. The zero-order valence-electron chi connectivity index (χ0n) is 27.4. The molecule has 0 saturated carbocycles. The maximum Gasteiger partial charge on any atom is 0.435 e. The smallest absolute Gasteiger partial charge is 0.394 e. The SMILES string of the molecule is Cc1nc(C2(n3cc(-c4ccc(Cl)c(Cl)c4F)cn3)O[C@@H](CO)[C@@H](O)C[C@@]2(O)n2cc(-c3ccc(Cl)c(Cl)c3F)cn2)n(-c2cc(Cl)cnc2C(F)(F)F)n1. The van der Waals surface area contributed by atoms with Gasteiger partial charge in [-0.25, -0.2) is 32.8 Å². The summed E-state index contributed by atoms with van der Waals surface area (Å²) in [5.74, 6) is -2.74. The van der Waals surface area contributed by atoms with Gasteiger partial charge in [-0.05, 0) is 37.3 Å². The van der Waals surface area contributed by atoms with Crippen molar-refractivity contribution in [2.75, 3.05) is 6.61 Å². The number of rotatable bonds is 7. The minimum absolute atomic E-state index is 0.00670. The number of alkyl halides is 3. The lowest BCUT2D eigenvalue weighted by Crippen LogP contribution is -2.68. The predicted octanol–water partition coefficient (Wildman–Crippen LogP) is 7.45. The standard InChI is InChI=1S/C33H22Cl5F5N8O4/c1-14-47-30(51(48-14)22-6-17(34)10-44-29(22)33(41,42)43)32(50-12-16(9-46-50)19-3-5-21(36)26(38)28(19)40)31(54,7-23(53)24(13-52)55-32)49-11-15(8-45-49)18-2-4-20(35)25(37)27(18)39/h2-6,8-12,23-24,52-54H,7,13H2,1H3/t23-,24-,31-,32?/m0/s1. The zero-order valence-corrected chi connectivity index (χ0v) is 31.2. The topological polar surface area (TPSA) is 149 Å². The molecule has 4 atom stereocenters. The van der Waals surface area contributed by atoms with Crippen LogP contribution in [0.1, 0.15) is 23.8 Å². The van der Waals surface area contributed by atoms with Gasteiger partial charge in [-0.3, -0.25) is 0 Å². The van der Waals surface area contributed by atoms with Gasteiger partial charge in [-0.2, -0.15) is 28.5 Å². The molecule has 12 nitrogen and oxygen atoms in total. The zero-order chi connectivity index (χ0) is 39.8. The summed E-state index contributed by atoms with van der Waals surface area (Å²) < 4.78 is 83.3. The van der Waals surface area contributed by atoms with Crippen LogP contribution in [0.25, 0.3) is 27.9 Å². The van der Waals surface area contributed by atoms with Crippen LogP contribution < -0.4 is 0 Å². The Morgan fingerprint density at radius 2 is 1.45 bits per heavy atom. The summed E-state index contributed by atoms with van der Waals surface area (Å²) in [6.07, 6.45) is -3.93. The van der Waals surface area contributed by atoms with Gasteiger partial charge in [-0.15, -0.1) is 0 Å². The van der Waals surface area contributed by atoms with E-state index in [0.29, 0.717) is 4.68 Å². The Hall–Kier alpha value is -3.91. The summed E-state index contributed by atoms with van der Waals surface area (Å²) >= 11 is 30.3. The second-order valence-electron chi connectivity index (χ2n) is 12.3. The lowest BCUT2D eigenvalue weighted by Gasteiger charge is -2.51. The van der Waals surface area contributed by atoms with Crippen molar-refractivity contribution < 1.29 is 42.0 Å². The van der Waals surface area contributed by atoms with Gasteiger partial charge in [-0.1, -0.05) is 58.0 Å². The minimum Gasteiger partial charge on any atom is -0.394 e. The van der Waals surface area contributed by atoms with Crippen LogP contribution in [0.2, 0.25) is 25.1 Å². The largest absolute Gasteiger partial charge is 0.435 e. The van der Waals surface area contributed by atoms with Crippen molar-refractivity contribution in [3.05, 3.63) is 115 Å². The van der Waals surface area contributed by atoms with E-state index in [1.54, 1.807) is 0 Å². The normalized spacial score (nSPS) is 21.7. The highest BCUT2D eigenvalue weighted by atomic mass is 35.5. The van der Waals surface area contributed by atoms with Gasteiger partial charge in [0.05, 0.1) is 55.9 Å². The highest BCUT2D eigenvalue weighted by molar-refractivity contribution is 6.42. The molecule has 0 amide bonds. The Morgan fingerprint density at radius 3 is 2.02 bits per heavy atom. The van der Waals surface area contributed by atoms with E-state index in [9.17, 15) is 28.5 Å². The van der Waals surface area contributed by atoms with Gasteiger partial charge in [0.2, 0.25) is 5.72 Å². The number of aromatic nitrogens is 8. The second-order valence-corrected chi connectivity index (χ2v) is 14.3. The molecule has 0 radical (unpaired) electrons. The number of nitrogens with zero attached hydrogens (tertiary/aromatic N) is 8. The molecule has 288 valence electrons. The fourth-order valence-corrected chi connectivity index (χ4v) is 7.11. The number of benzene rings is 2. The minimum atomic E-state index is -5.09. The molecule has 6 aromatic rings. The van der Waals surface area contributed by atoms with E-state index in [0.717, 1.165) is 46.4 Å². The number of aliphatic hydroxyl groups excluding tert-OH is 2. The van der Waals surface area contributed by atoms with Gasteiger partial charge >= 0.3 is 6.18 Å². The third-order valence-electron chi connectivity index (χ3n) is 8.87. The molecular formula is C33H22Cl5F5N8O4. The van der Waals surface area contributed by atoms with Gasteiger partial charge in [0.15, 0.2) is 23.2 Å². The Morgan fingerprint density at radius 1 is 0.891 bits per heavy atom. The van der Waals surface area contributed by atoms with Gasteiger partial charge in [0.25, 0.3) is 5.72 Å². The number of pyridine rings is 1. The first kappa shape index (κ1) is 39.3. The quantitative estimate of drug-likeness (QED) is 0.110. The van der Waals surface area contributed by atoms with Crippen LogP contribution in [0.4, 0.5) is 22.0 Å². The third-order valence-corrected chi connectivity index (χ3v) is 10.6. The number of ether oxygens (including phenoxy) is 1. The summed E-state index contributed by atoms with van der Waals surface area (Å²) in [6.45, 7) is 0.408. The van der Waals surface area contributed by atoms with Crippen LogP contribution in [0.3, 0.4) is 0 Å². The molecule has 7 rings (SSSR count). The van der Waals surface area contributed by atoms with Gasteiger partial charge in [0.1, 0.15) is 11.9 Å². The van der Waals surface area contributed by atoms with Crippen LogP contribution >= 0.6 is 58.0 Å². The lowest BCUT2D eigenvalue weighted by molar-refractivity contribution is -0.338. The molecule has 0 spiro atoms. The number of hydrogen-bond acceptors (Lipinski definition) is 9. The molecule has 1 fully saturated rings. The van der Waals surface area contributed by atoms with Crippen molar-refractivity contribution in [3.8, 4) is 27.9 Å². The molecule has 55 heavy (non-hydrogen) atoms. The number of aliphatic hydroxyl groups is 3. The summed E-state index contributed by atoms with van der Waals surface area (Å²) in [4.78, 5) is 7.90. The first-order valence-electron chi connectivity index (χ1n) is 15.7. The second kappa shape index (κ2) is 14.2. The van der Waals surface area contributed by atoms with Crippen molar-refractivity contribution in [2.24, 2.45) is 0 Å². The van der Waals surface area contributed by atoms with Crippen molar-refractivity contribution in [1.29, 1.82) is 0 Å². The first-order chi connectivity index (χ1) is 25.9. The molecule has 1 unspecified atom stereocenters. The van der Waals surface area contributed by atoms with Crippen molar-refractivity contribution in [1.82, 2.24) is 39.3 Å². The molecule has 3 N–H and O–H groups in total. The lowest BCUT2D eigenvalue weighted by atomic mass is 9.86. The van der Waals surface area contributed by atoms with Crippen LogP contribution in [0.5, 0.6) is 0 Å². The van der Waals surface area contributed by atoms with Gasteiger partial charge in [0, 0.05) is 47.3 Å². The fraction of sp³-hybridized carbons (Fsp3) is 0.242. The van der Waals surface area contributed by atoms with Crippen LogP contribution in [-0.2, 0) is 22.4 Å². The fourth-order valence-electron chi connectivity index (χ4n) is 6.34. The van der Waals surface area contributed by atoms with Gasteiger partial charge < -0.3 is 20.1 Å². The number of aryl methyl sites for hydroxylation is 1. The van der Waals surface area contributed by atoms with E-state index < -0.39 is 81.7 Å². The summed E-state index contributed by atoms with van der Waals surface area (Å²) in [5.41, 5.74) is -8.18. The van der Waals surface area contributed by atoms with E-state index in [4.69, 9.17) is 62.7 Å². The highest BCUT2D eigenvalue weighted by Gasteiger charge is 2.66. The van der Waals surface area contributed by atoms with E-state index in [2.05, 4.69) is 25.3 Å². The van der Waals surface area contributed by atoms with E-state index >= 15 is 8.78 Å². The molecule has 1 aliphatic rings. The molecule has 2 aromatic carbocycles. The third kappa shape index (κ3) is 6.44. The van der Waals surface area contributed by atoms with Crippen molar-refractivity contribution in [2.45, 2.75) is 43.2 Å². The Balaban J connectivity index is 1.56. The Bertz CT molecular complexity index is 2460. The predicted molar refractivity (Wildman–Crippen MR) is 189 cm³/mol. The molecule has 0 bridgehead atoms. The Labute approximate surface area is 331 Å². The molecule has 1 aliphatic heterocycles. The molecule has 22 heteroatoms. The maximum absolute atomic E-state index is 15.5. The molecule has 1 saturated heterocycles. The highest BCUT2D eigenvalue weighted by Crippen LogP contribution is 2.50. The summed E-state index contributed by atoms with van der Waals surface area (Å²) in [5, 5.41) is 46.4. The monoisotopic (exact) mass is 864 g/mol. The van der Waals surface area contributed by atoms with E-state index in [1.807, 2.05) is 0 Å². The molecule has 0 aliphatic carbocycles. The number of hydrogen-bond donors (Lipinski definition) is 3. The average Bonchev–Trinajstić information content (AvgIpc) is 3.91. The average molecular weight is 867 g/mol. The van der Waals surface area contributed by atoms with Crippen molar-refractivity contribution >= 4 is 58.0 Å². The van der Waals surface area contributed by atoms with Crippen LogP contribution in [0.15, 0.2) is 61.3 Å². The summed E-state index contributed by atoms with van der Waals surface area (Å²) in [6, 6.07) is 6.07. The molecular weight excluding hydrogens is 845 g/mol.